The Hall–Kier alpha value is -0.770. The van der Waals surface area contributed by atoms with Gasteiger partial charge in [-0.25, -0.2) is 4.79 Å². The third-order valence-electron chi connectivity index (χ3n) is 2.94. The first-order valence-electron chi connectivity index (χ1n) is 5.51. The number of carbonyl (C=O) groups is 1. The molecule has 2 atom stereocenters. The Morgan fingerprint density at radius 3 is 2.40 bits per heavy atom. The van der Waals surface area contributed by atoms with Crippen molar-refractivity contribution in [1.29, 1.82) is 0 Å². The third kappa shape index (κ3) is 2.62. The highest BCUT2D eigenvalue weighted by molar-refractivity contribution is 5.77. The van der Waals surface area contributed by atoms with Crippen molar-refractivity contribution >= 4 is 6.03 Å². The third-order valence-corrected chi connectivity index (χ3v) is 2.94. The molecule has 1 aliphatic heterocycles. The van der Waals surface area contributed by atoms with Crippen molar-refractivity contribution in [2.45, 2.75) is 39.8 Å². The van der Waals surface area contributed by atoms with E-state index >= 15 is 0 Å². The fourth-order valence-corrected chi connectivity index (χ4v) is 2.12. The summed E-state index contributed by atoms with van der Waals surface area (Å²) < 4.78 is 0. The number of rotatable bonds is 2. The van der Waals surface area contributed by atoms with Crippen LogP contribution in [0.5, 0.6) is 0 Å². The Morgan fingerprint density at radius 1 is 1.53 bits per heavy atom. The molecule has 4 heteroatoms. The molecule has 1 saturated heterocycles. The van der Waals surface area contributed by atoms with Crippen LogP contribution in [-0.2, 0) is 0 Å². The molecular weight excluding hydrogens is 190 g/mol. The second-order valence-corrected chi connectivity index (χ2v) is 5.66. The second-order valence-electron chi connectivity index (χ2n) is 5.66. The van der Waals surface area contributed by atoms with Crippen LogP contribution in [0, 0.1) is 5.41 Å². The fourth-order valence-electron chi connectivity index (χ4n) is 2.12. The summed E-state index contributed by atoms with van der Waals surface area (Å²) in [6, 6.07) is 0.428. The van der Waals surface area contributed by atoms with Gasteiger partial charge in [-0.2, -0.15) is 0 Å². The molecule has 1 aliphatic rings. The zero-order valence-corrected chi connectivity index (χ0v) is 10.4. The number of hydrogen-bond acceptors (Lipinski definition) is 2. The number of hydrogen-bond donors (Lipinski definition) is 1. The van der Waals surface area contributed by atoms with Gasteiger partial charge in [-0.3, -0.25) is 0 Å². The Balaban J connectivity index is 2.72. The van der Waals surface area contributed by atoms with Gasteiger partial charge in [0.2, 0.25) is 0 Å². The molecule has 1 fully saturated rings. The van der Waals surface area contributed by atoms with Gasteiger partial charge in [0.05, 0.1) is 6.04 Å². The first-order valence-corrected chi connectivity index (χ1v) is 5.51. The first kappa shape index (κ1) is 12.3. The molecule has 0 spiro atoms. The van der Waals surface area contributed by atoms with Gasteiger partial charge in [-0.1, -0.05) is 20.8 Å². The minimum Gasteiger partial charge on any atom is -0.326 e. The number of urea groups is 1. The Morgan fingerprint density at radius 2 is 2.07 bits per heavy atom. The van der Waals surface area contributed by atoms with Crippen LogP contribution in [0.15, 0.2) is 0 Å². The van der Waals surface area contributed by atoms with E-state index in [9.17, 15) is 4.79 Å². The van der Waals surface area contributed by atoms with Gasteiger partial charge in [-0.05, 0) is 12.3 Å². The van der Waals surface area contributed by atoms with E-state index in [-0.39, 0.29) is 23.5 Å². The lowest BCUT2D eigenvalue weighted by Gasteiger charge is -2.31. The number of likely N-dealkylation sites (N-methyl/N-ethyl adjacent to an activating group) is 1. The van der Waals surface area contributed by atoms with Gasteiger partial charge in [0, 0.05) is 26.2 Å². The maximum atomic E-state index is 11.9. The molecule has 1 heterocycles. The molecular formula is C11H23N3O. The molecule has 0 aromatic heterocycles. The SMILES string of the molecule is CC(N)CN1CC(C(C)(C)C)N(C)C1=O. The molecule has 1 rings (SSSR count). The number of nitrogens with two attached hydrogens (primary N) is 1. The molecule has 2 N–H and O–H groups in total. The van der Waals surface area contributed by atoms with E-state index in [1.54, 1.807) is 0 Å². The minimum absolute atomic E-state index is 0.0427. The lowest BCUT2D eigenvalue weighted by atomic mass is 9.86. The minimum atomic E-state index is 0.0427. The van der Waals surface area contributed by atoms with Gasteiger partial charge < -0.3 is 15.5 Å². The summed E-state index contributed by atoms with van der Waals surface area (Å²) in [5.74, 6) is 0. The summed E-state index contributed by atoms with van der Waals surface area (Å²) in [4.78, 5) is 15.6. The summed E-state index contributed by atoms with van der Waals surface area (Å²) >= 11 is 0. The zero-order chi connectivity index (χ0) is 11.8. The number of carbonyl (C=O) groups excluding carboxylic acids is 1. The van der Waals surface area contributed by atoms with Gasteiger partial charge in [0.15, 0.2) is 0 Å². The van der Waals surface area contributed by atoms with Crippen LogP contribution in [0.25, 0.3) is 0 Å². The maximum absolute atomic E-state index is 11.9. The van der Waals surface area contributed by atoms with E-state index in [2.05, 4.69) is 20.8 Å². The highest BCUT2D eigenvalue weighted by atomic mass is 16.2. The molecule has 88 valence electrons. The highest BCUT2D eigenvalue weighted by Crippen LogP contribution is 2.29. The molecule has 0 aliphatic carbocycles. The zero-order valence-electron chi connectivity index (χ0n) is 10.4. The van der Waals surface area contributed by atoms with Crippen LogP contribution >= 0.6 is 0 Å². The van der Waals surface area contributed by atoms with Gasteiger partial charge >= 0.3 is 6.03 Å². The van der Waals surface area contributed by atoms with Gasteiger partial charge in [0.1, 0.15) is 0 Å². The van der Waals surface area contributed by atoms with E-state index in [1.807, 2.05) is 23.8 Å². The summed E-state index contributed by atoms with van der Waals surface area (Å²) in [6.45, 7) is 9.86. The van der Waals surface area contributed by atoms with Crippen LogP contribution in [-0.4, -0.2) is 48.1 Å². The van der Waals surface area contributed by atoms with E-state index in [0.717, 1.165) is 6.54 Å². The normalized spacial score (nSPS) is 24.9. The van der Waals surface area contributed by atoms with Gasteiger partial charge in [0.25, 0.3) is 0 Å². The molecule has 2 unspecified atom stereocenters. The van der Waals surface area contributed by atoms with Crippen LogP contribution < -0.4 is 5.73 Å². The molecule has 2 amide bonds. The fraction of sp³-hybridized carbons (Fsp3) is 0.909. The van der Waals surface area contributed by atoms with Crippen molar-refractivity contribution in [3.05, 3.63) is 0 Å². The van der Waals surface area contributed by atoms with E-state index in [0.29, 0.717) is 6.54 Å². The van der Waals surface area contributed by atoms with Gasteiger partial charge in [-0.15, -0.1) is 0 Å². The Kier molecular flexibility index (Phi) is 3.28. The summed E-state index contributed by atoms with van der Waals surface area (Å²) in [7, 11) is 1.87. The van der Waals surface area contributed by atoms with Crippen LogP contribution in [0.4, 0.5) is 4.79 Å². The molecule has 4 nitrogen and oxygen atoms in total. The predicted molar refractivity (Wildman–Crippen MR) is 61.6 cm³/mol. The molecule has 0 aromatic rings. The average molecular weight is 213 g/mol. The Bertz CT molecular complexity index is 245. The van der Waals surface area contributed by atoms with Crippen LogP contribution in [0.2, 0.25) is 0 Å². The Labute approximate surface area is 92.4 Å². The predicted octanol–water partition coefficient (Wildman–Crippen LogP) is 1.12. The van der Waals surface area contributed by atoms with E-state index in [4.69, 9.17) is 5.73 Å². The lowest BCUT2D eigenvalue weighted by Crippen LogP contribution is -2.39. The molecule has 15 heavy (non-hydrogen) atoms. The second kappa shape index (κ2) is 4.00. The quantitative estimate of drug-likeness (QED) is 0.747. The summed E-state index contributed by atoms with van der Waals surface area (Å²) in [5, 5.41) is 0. The number of amides is 2. The van der Waals surface area contributed by atoms with Crippen molar-refractivity contribution in [3.63, 3.8) is 0 Å². The smallest absolute Gasteiger partial charge is 0.320 e. The molecule has 0 aromatic carbocycles. The lowest BCUT2D eigenvalue weighted by molar-refractivity contribution is 0.172. The maximum Gasteiger partial charge on any atom is 0.320 e. The molecule has 0 saturated carbocycles. The van der Waals surface area contributed by atoms with Crippen LogP contribution in [0.3, 0.4) is 0 Å². The monoisotopic (exact) mass is 213 g/mol. The van der Waals surface area contributed by atoms with Crippen molar-refractivity contribution in [2.24, 2.45) is 11.1 Å². The van der Waals surface area contributed by atoms with E-state index in [1.165, 1.54) is 0 Å². The summed E-state index contributed by atoms with van der Waals surface area (Å²) in [6.07, 6.45) is 0. The highest BCUT2D eigenvalue weighted by Gasteiger charge is 2.40. The first-order chi connectivity index (χ1) is 6.73. The van der Waals surface area contributed by atoms with E-state index < -0.39 is 0 Å². The van der Waals surface area contributed by atoms with Crippen molar-refractivity contribution in [3.8, 4) is 0 Å². The standard InChI is InChI=1S/C11H23N3O/c1-8(12)6-14-7-9(11(2,3)4)13(5)10(14)15/h8-9H,6-7,12H2,1-5H3. The van der Waals surface area contributed by atoms with Crippen molar-refractivity contribution < 1.29 is 4.79 Å². The summed E-state index contributed by atoms with van der Waals surface area (Å²) in [5.41, 5.74) is 5.84. The molecule has 0 radical (unpaired) electrons. The average Bonchev–Trinajstić information content (AvgIpc) is 2.30. The topological polar surface area (TPSA) is 49.6 Å². The van der Waals surface area contributed by atoms with Crippen molar-refractivity contribution in [1.82, 2.24) is 9.80 Å². The van der Waals surface area contributed by atoms with Crippen molar-refractivity contribution in [2.75, 3.05) is 20.1 Å². The van der Waals surface area contributed by atoms with Crippen LogP contribution in [0.1, 0.15) is 27.7 Å². The molecule has 0 bridgehead atoms. The number of nitrogens with zero attached hydrogens (tertiary/aromatic N) is 2. The largest absolute Gasteiger partial charge is 0.326 e.